The lowest BCUT2D eigenvalue weighted by Gasteiger charge is -2.06. The summed E-state index contributed by atoms with van der Waals surface area (Å²) in [4.78, 5) is 15.7. The van der Waals surface area contributed by atoms with Crippen LogP contribution < -0.4 is 5.69 Å². The molecule has 0 aliphatic rings. The van der Waals surface area contributed by atoms with Crippen LogP contribution in [0.5, 0.6) is 0 Å². The van der Waals surface area contributed by atoms with E-state index >= 15 is 0 Å². The van der Waals surface area contributed by atoms with Gasteiger partial charge < -0.3 is 4.57 Å². The summed E-state index contributed by atoms with van der Waals surface area (Å²) in [5, 5.41) is 11.4. The van der Waals surface area contributed by atoms with Gasteiger partial charge in [0.05, 0.1) is 11.3 Å². The van der Waals surface area contributed by atoms with Gasteiger partial charge in [0.1, 0.15) is 6.07 Å². The first-order valence-corrected chi connectivity index (χ1v) is 6.16. The van der Waals surface area contributed by atoms with Gasteiger partial charge in [-0.15, -0.1) is 0 Å². The first-order chi connectivity index (χ1) is 9.69. The van der Waals surface area contributed by atoms with Crippen LogP contribution in [0, 0.1) is 11.3 Å². The fraction of sp³-hybridized carbons (Fsp3) is 0.0625. The van der Waals surface area contributed by atoms with Crippen LogP contribution >= 0.6 is 0 Å². The maximum Gasteiger partial charge on any atom is 0.347 e. The zero-order valence-electron chi connectivity index (χ0n) is 10.9. The smallest absolute Gasteiger partial charge is 0.301 e. The predicted molar refractivity (Wildman–Crippen MR) is 77.1 cm³/mol. The minimum atomic E-state index is -0.368. The zero-order valence-corrected chi connectivity index (χ0v) is 10.9. The molecular weight excluding hydrogens is 250 g/mol. The van der Waals surface area contributed by atoms with Crippen LogP contribution in [-0.4, -0.2) is 9.55 Å². The molecule has 96 valence electrons. The van der Waals surface area contributed by atoms with Crippen LogP contribution in [0.25, 0.3) is 22.0 Å². The summed E-state index contributed by atoms with van der Waals surface area (Å²) in [7, 11) is 1.58. The Bertz CT molecular complexity index is 903. The summed E-state index contributed by atoms with van der Waals surface area (Å²) in [5.41, 5.74) is 1.23. The average molecular weight is 261 g/mol. The van der Waals surface area contributed by atoms with Crippen molar-refractivity contribution in [3.8, 4) is 17.3 Å². The molecule has 0 fully saturated rings. The molecule has 0 saturated carbocycles. The minimum Gasteiger partial charge on any atom is -0.301 e. The van der Waals surface area contributed by atoms with E-state index in [4.69, 9.17) is 0 Å². The second-order valence-corrected chi connectivity index (χ2v) is 4.57. The van der Waals surface area contributed by atoms with Gasteiger partial charge in [-0.3, -0.25) is 0 Å². The van der Waals surface area contributed by atoms with Crippen LogP contribution in [0.1, 0.15) is 5.56 Å². The maximum atomic E-state index is 11.7. The van der Waals surface area contributed by atoms with Crippen LogP contribution in [0.3, 0.4) is 0 Å². The molecule has 0 N–H and O–H groups in total. The van der Waals surface area contributed by atoms with Gasteiger partial charge in [-0.2, -0.15) is 10.2 Å². The van der Waals surface area contributed by atoms with E-state index in [2.05, 4.69) is 11.1 Å². The van der Waals surface area contributed by atoms with Crippen molar-refractivity contribution in [1.29, 1.82) is 5.26 Å². The molecule has 0 atom stereocenters. The third-order valence-corrected chi connectivity index (χ3v) is 3.23. The summed E-state index contributed by atoms with van der Waals surface area (Å²) in [6.45, 7) is 0. The van der Waals surface area contributed by atoms with Crippen molar-refractivity contribution in [3.63, 3.8) is 0 Å². The lowest BCUT2D eigenvalue weighted by Crippen LogP contribution is -2.20. The van der Waals surface area contributed by atoms with Gasteiger partial charge in [-0.1, -0.05) is 36.4 Å². The molecule has 3 rings (SSSR count). The Morgan fingerprint density at radius 1 is 1.15 bits per heavy atom. The summed E-state index contributed by atoms with van der Waals surface area (Å²) < 4.78 is 1.31. The monoisotopic (exact) mass is 261 g/mol. The second-order valence-electron chi connectivity index (χ2n) is 4.57. The van der Waals surface area contributed by atoms with Crippen molar-refractivity contribution in [2.45, 2.75) is 0 Å². The molecule has 4 nitrogen and oxygen atoms in total. The molecular formula is C16H11N3O. The molecule has 0 bridgehead atoms. The average Bonchev–Trinajstić information content (AvgIpc) is 2.49. The third kappa shape index (κ3) is 1.95. The van der Waals surface area contributed by atoms with E-state index in [-0.39, 0.29) is 5.69 Å². The molecule has 2 aromatic carbocycles. The highest BCUT2D eigenvalue weighted by atomic mass is 16.1. The van der Waals surface area contributed by atoms with Crippen molar-refractivity contribution in [1.82, 2.24) is 9.55 Å². The van der Waals surface area contributed by atoms with Gasteiger partial charge in [0.15, 0.2) is 0 Å². The van der Waals surface area contributed by atoms with Gasteiger partial charge in [-0.05, 0) is 16.8 Å². The molecule has 0 amide bonds. The Kier molecular flexibility index (Phi) is 2.81. The van der Waals surface area contributed by atoms with E-state index in [1.54, 1.807) is 7.05 Å². The summed E-state index contributed by atoms with van der Waals surface area (Å²) in [6, 6.07) is 15.8. The quantitative estimate of drug-likeness (QED) is 0.676. The van der Waals surface area contributed by atoms with E-state index < -0.39 is 0 Å². The van der Waals surface area contributed by atoms with Crippen molar-refractivity contribution < 1.29 is 0 Å². The molecule has 1 aromatic heterocycles. The number of rotatable bonds is 1. The van der Waals surface area contributed by atoms with Crippen LogP contribution in [0.15, 0.2) is 53.5 Å². The van der Waals surface area contributed by atoms with Crippen LogP contribution in [0.2, 0.25) is 0 Å². The SMILES string of the molecule is Cn1cc(C#N)c(-c2ccc3ccccc3c2)nc1=O. The molecule has 1 heterocycles. The van der Waals surface area contributed by atoms with Gasteiger partial charge in [0.2, 0.25) is 0 Å². The number of aryl methyl sites for hydroxylation is 1. The summed E-state index contributed by atoms with van der Waals surface area (Å²) >= 11 is 0. The number of hydrogen-bond donors (Lipinski definition) is 0. The number of benzene rings is 2. The number of aromatic nitrogens is 2. The summed E-state index contributed by atoms with van der Waals surface area (Å²) in [5.74, 6) is 0. The highest BCUT2D eigenvalue weighted by molar-refractivity contribution is 5.87. The van der Waals surface area contributed by atoms with E-state index in [0.717, 1.165) is 16.3 Å². The molecule has 0 aliphatic heterocycles. The maximum absolute atomic E-state index is 11.7. The molecule has 3 aromatic rings. The van der Waals surface area contributed by atoms with E-state index in [1.165, 1.54) is 10.8 Å². The lowest BCUT2D eigenvalue weighted by atomic mass is 10.0. The number of nitriles is 1. The molecule has 4 heteroatoms. The largest absolute Gasteiger partial charge is 0.347 e. The molecule has 0 spiro atoms. The molecule has 0 radical (unpaired) electrons. The zero-order chi connectivity index (χ0) is 14.1. The van der Waals surface area contributed by atoms with Gasteiger partial charge in [0.25, 0.3) is 0 Å². The number of fused-ring (bicyclic) bond motifs is 1. The minimum absolute atomic E-state index is 0.368. The first-order valence-electron chi connectivity index (χ1n) is 6.16. The van der Waals surface area contributed by atoms with Gasteiger partial charge >= 0.3 is 5.69 Å². The topological polar surface area (TPSA) is 58.7 Å². The Balaban J connectivity index is 2.28. The van der Waals surface area contributed by atoms with Crippen molar-refractivity contribution >= 4 is 10.8 Å². The van der Waals surface area contributed by atoms with Crippen molar-refractivity contribution in [2.24, 2.45) is 7.05 Å². The third-order valence-electron chi connectivity index (χ3n) is 3.23. The highest BCUT2D eigenvalue weighted by Crippen LogP contribution is 2.24. The normalized spacial score (nSPS) is 10.4. The summed E-state index contributed by atoms with van der Waals surface area (Å²) in [6.07, 6.45) is 1.51. The van der Waals surface area contributed by atoms with Gasteiger partial charge in [-0.25, -0.2) is 4.79 Å². The van der Waals surface area contributed by atoms with Crippen molar-refractivity contribution in [3.05, 3.63) is 64.7 Å². The Morgan fingerprint density at radius 3 is 2.65 bits per heavy atom. The number of nitrogens with zero attached hydrogens (tertiary/aromatic N) is 3. The second kappa shape index (κ2) is 4.63. The van der Waals surface area contributed by atoms with Crippen LogP contribution in [0.4, 0.5) is 0 Å². The fourth-order valence-electron chi connectivity index (χ4n) is 2.18. The molecule has 0 aliphatic carbocycles. The van der Waals surface area contributed by atoms with Gasteiger partial charge in [0, 0.05) is 18.8 Å². The van der Waals surface area contributed by atoms with Crippen molar-refractivity contribution in [2.75, 3.05) is 0 Å². The Hall–Kier alpha value is -2.93. The molecule has 0 unspecified atom stereocenters. The fourth-order valence-corrected chi connectivity index (χ4v) is 2.18. The Morgan fingerprint density at radius 2 is 1.90 bits per heavy atom. The number of hydrogen-bond acceptors (Lipinski definition) is 3. The highest BCUT2D eigenvalue weighted by Gasteiger charge is 2.09. The standard InChI is InChI=1S/C16H11N3O/c1-19-10-14(9-17)15(18-16(19)20)13-7-6-11-4-2-3-5-12(11)8-13/h2-8,10H,1H3. The van der Waals surface area contributed by atoms with Crippen LogP contribution in [-0.2, 0) is 7.05 Å². The van der Waals surface area contributed by atoms with E-state index in [9.17, 15) is 10.1 Å². The predicted octanol–water partition coefficient (Wildman–Crippen LogP) is 2.47. The van der Waals surface area contributed by atoms with E-state index in [0.29, 0.717) is 11.3 Å². The molecule has 20 heavy (non-hydrogen) atoms. The van der Waals surface area contributed by atoms with E-state index in [1.807, 2.05) is 42.5 Å². The first kappa shape index (κ1) is 12.1. The Labute approximate surface area is 115 Å². The molecule has 0 saturated heterocycles. The lowest BCUT2D eigenvalue weighted by molar-refractivity contribution is 0.809.